The number of amides is 1. The minimum Gasteiger partial charge on any atom is -0.466 e. The van der Waals surface area contributed by atoms with Crippen molar-refractivity contribution in [3.63, 3.8) is 0 Å². The van der Waals surface area contributed by atoms with Crippen LogP contribution < -0.4 is 5.32 Å². The van der Waals surface area contributed by atoms with Crippen LogP contribution in [0.2, 0.25) is 25.7 Å². The third kappa shape index (κ3) is 14.5. The number of benzene rings is 3. The van der Waals surface area contributed by atoms with Crippen molar-refractivity contribution < 1.29 is 33.4 Å². The molecule has 342 valence electrons. The molecule has 14 heteroatoms. The average Bonchev–Trinajstić information content (AvgIpc) is 3.88. The molecule has 10 nitrogen and oxygen atoms in total. The average molecular weight is 942 g/mol. The third-order valence-electron chi connectivity index (χ3n) is 10.3. The molecule has 3 aromatic carbocycles. The molecule has 5 rings (SSSR count). The second-order valence-corrected chi connectivity index (χ2v) is 27.5. The van der Waals surface area contributed by atoms with Gasteiger partial charge in [-0.05, 0) is 74.6 Å². The van der Waals surface area contributed by atoms with Gasteiger partial charge in [0.05, 0.1) is 24.2 Å². The highest BCUT2D eigenvalue weighted by Crippen LogP contribution is 2.48. The number of ether oxygens (including phenoxy) is 3. The van der Waals surface area contributed by atoms with E-state index in [0.29, 0.717) is 40.3 Å². The van der Waals surface area contributed by atoms with Crippen molar-refractivity contribution in [3.8, 4) is 0 Å². The Balaban J connectivity index is 1.30. The lowest BCUT2D eigenvalue weighted by atomic mass is 9.84. The fourth-order valence-electron chi connectivity index (χ4n) is 6.89. The molecule has 1 aliphatic heterocycles. The van der Waals surface area contributed by atoms with E-state index in [1.165, 1.54) is 23.1 Å². The Morgan fingerprint density at radius 1 is 0.891 bits per heavy atom. The number of thioether (sulfide) groups is 2. The van der Waals surface area contributed by atoms with Gasteiger partial charge in [-0.3, -0.25) is 19.4 Å². The van der Waals surface area contributed by atoms with Crippen molar-refractivity contribution in [2.24, 2.45) is 10.9 Å². The molecule has 0 aliphatic carbocycles. The Bertz CT molecular complexity index is 2140. The summed E-state index contributed by atoms with van der Waals surface area (Å²) in [6.45, 7) is 17.8. The number of carbonyl (C=O) groups is 4. The first-order valence-corrected chi connectivity index (χ1v) is 28.4. The number of esters is 3. The minimum atomic E-state index is -1.46. The molecule has 2 unspecified atom stereocenters. The van der Waals surface area contributed by atoms with E-state index in [1.54, 1.807) is 13.0 Å². The van der Waals surface area contributed by atoms with Crippen LogP contribution in [0.3, 0.4) is 0 Å². The summed E-state index contributed by atoms with van der Waals surface area (Å²) in [6, 6.07) is 31.3. The lowest BCUT2D eigenvalue weighted by Crippen LogP contribution is -2.53. The molecule has 0 radical (unpaired) electrons. The maximum absolute atomic E-state index is 14.0. The fraction of sp³-hybridized carbons (Fsp3) is 0.440. The third-order valence-corrected chi connectivity index (χ3v) is 15.7. The molecule has 1 N–H and O–H groups in total. The monoisotopic (exact) mass is 941 g/mol. The summed E-state index contributed by atoms with van der Waals surface area (Å²) in [5.74, 6) is -1.19. The van der Waals surface area contributed by atoms with Gasteiger partial charge in [-0.15, -0.1) is 34.9 Å². The van der Waals surface area contributed by atoms with Gasteiger partial charge in [0.2, 0.25) is 5.91 Å². The van der Waals surface area contributed by atoms with Gasteiger partial charge in [0.25, 0.3) is 0 Å². The number of hydrogen-bond acceptors (Lipinski definition) is 12. The lowest BCUT2D eigenvalue weighted by molar-refractivity contribution is -0.157. The van der Waals surface area contributed by atoms with Crippen LogP contribution >= 0.6 is 34.9 Å². The van der Waals surface area contributed by atoms with Gasteiger partial charge >= 0.3 is 17.9 Å². The Kier molecular flexibility index (Phi) is 17.8. The van der Waals surface area contributed by atoms with E-state index in [1.807, 2.05) is 76.0 Å². The molecule has 0 fully saturated rings. The van der Waals surface area contributed by atoms with Crippen molar-refractivity contribution in [2.75, 3.05) is 18.1 Å². The highest BCUT2D eigenvalue weighted by atomic mass is 32.2. The van der Waals surface area contributed by atoms with Gasteiger partial charge in [-0.25, -0.2) is 9.78 Å². The van der Waals surface area contributed by atoms with Crippen molar-refractivity contribution in [1.29, 1.82) is 0 Å². The predicted octanol–water partition coefficient (Wildman–Crippen LogP) is 10.3. The van der Waals surface area contributed by atoms with Gasteiger partial charge in [-0.2, -0.15) is 0 Å². The Morgan fingerprint density at radius 2 is 1.47 bits per heavy atom. The van der Waals surface area contributed by atoms with Crippen LogP contribution in [-0.2, 0) is 44.6 Å². The largest absolute Gasteiger partial charge is 0.466 e. The zero-order chi connectivity index (χ0) is 46.5. The van der Waals surface area contributed by atoms with Crippen LogP contribution in [0.1, 0.15) is 81.8 Å². The van der Waals surface area contributed by atoms with E-state index in [4.69, 9.17) is 19.2 Å². The standard InChI is InChI=1S/C50H63N3O7S3Si/c1-35(2)44(52-47(57)49(6)34-62-45(53-49)40-33-61-41(51-40)32-43(55)60-48(3,4)5)46(56)59-39(31-42(54)58-28-30-64(7,8)9)27-19-20-29-63-50(36-21-13-10-14-22-36,37-23-15-11-16-24-37)38-25-17-12-18-26-38/h10-19,21-27,33,35,39,44H,20,28-32,34H2,1-9H3,(H,52,57)/t39-,44?,49?/m1/s1. The molecule has 4 aromatic rings. The highest BCUT2D eigenvalue weighted by molar-refractivity contribution is 8.14. The zero-order valence-electron chi connectivity index (χ0n) is 38.6. The smallest absolute Gasteiger partial charge is 0.329 e. The Labute approximate surface area is 392 Å². The van der Waals surface area contributed by atoms with Gasteiger partial charge in [0.15, 0.2) is 0 Å². The molecule has 0 bridgehead atoms. The number of rotatable bonds is 21. The first-order chi connectivity index (χ1) is 30.3. The summed E-state index contributed by atoms with van der Waals surface area (Å²) < 4.78 is 16.7. The van der Waals surface area contributed by atoms with Crippen LogP contribution in [0, 0.1) is 5.92 Å². The molecule has 2 heterocycles. The molecule has 0 spiro atoms. The van der Waals surface area contributed by atoms with Crippen LogP contribution in [-0.4, -0.2) is 83.3 Å². The van der Waals surface area contributed by atoms with E-state index >= 15 is 0 Å². The van der Waals surface area contributed by atoms with Crippen molar-refractivity contribution >= 4 is 71.8 Å². The number of hydrogen-bond donors (Lipinski definition) is 1. The maximum Gasteiger partial charge on any atom is 0.329 e. The van der Waals surface area contributed by atoms with Gasteiger partial charge in [0.1, 0.15) is 39.0 Å². The quantitative estimate of drug-likeness (QED) is 0.0215. The van der Waals surface area contributed by atoms with Crippen molar-refractivity contribution in [2.45, 2.75) is 115 Å². The summed E-state index contributed by atoms with van der Waals surface area (Å²) in [7, 11) is -1.46. The summed E-state index contributed by atoms with van der Waals surface area (Å²) in [4.78, 5) is 62.9. The lowest BCUT2D eigenvalue weighted by Gasteiger charge is -2.35. The van der Waals surface area contributed by atoms with E-state index in [9.17, 15) is 19.2 Å². The normalized spacial score (nSPS) is 16.6. The zero-order valence-corrected chi connectivity index (χ0v) is 42.0. The number of aliphatic imine (C=N–C) groups is 1. The molecule has 1 aromatic heterocycles. The first-order valence-electron chi connectivity index (χ1n) is 21.8. The maximum atomic E-state index is 14.0. The Morgan fingerprint density at radius 3 is 2.00 bits per heavy atom. The molecule has 1 amide bonds. The van der Waals surface area contributed by atoms with Crippen molar-refractivity contribution in [3.05, 3.63) is 136 Å². The van der Waals surface area contributed by atoms with Crippen LogP contribution in [0.4, 0.5) is 0 Å². The molecular formula is C50H63N3O7S3Si. The van der Waals surface area contributed by atoms with E-state index in [-0.39, 0.29) is 24.7 Å². The molecule has 3 atom stereocenters. The SMILES string of the molecule is CC(C)C(NC(=O)C1(C)CSC(c2csc(CC(=O)OC(C)(C)C)n2)=N1)C(=O)O[C@H](C=CCCSC(c1ccccc1)(c1ccccc1)c1ccccc1)CC(=O)OCC[Si](C)(C)C. The van der Waals surface area contributed by atoms with E-state index in [2.05, 4.69) is 103 Å². The number of nitrogens with one attached hydrogen (secondary N) is 1. The summed E-state index contributed by atoms with van der Waals surface area (Å²) in [6.07, 6.45) is 3.31. The second-order valence-electron chi connectivity index (χ2n) is 18.6. The van der Waals surface area contributed by atoms with Gasteiger partial charge in [-0.1, -0.05) is 131 Å². The van der Waals surface area contributed by atoms with Gasteiger partial charge in [0, 0.05) is 19.2 Å². The fourth-order valence-corrected chi connectivity index (χ4v) is 11.0. The Hall–Kier alpha value is -4.50. The highest BCUT2D eigenvalue weighted by Gasteiger charge is 2.42. The van der Waals surface area contributed by atoms with Crippen molar-refractivity contribution in [1.82, 2.24) is 10.3 Å². The summed E-state index contributed by atoms with van der Waals surface area (Å²) >= 11 is 4.55. The first kappa shape index (κ1) is 50.5. The number of carbonyl (C=O) groups excluding carboxylic acids is 4. The van der Waals surface area contributed by atoms with Crippen LogP contribution in [0.5, 0.6) is 0 Å². The number of allylic oxidation sites excluding steroid dienone is 1. The molecule has 0 saturated heterocycles. The van der Waals surface area contributed by atoms with Crippen LogP contribution in [0.25, 0.3) is 0 Å². The number of thiazole rings is 1. The van der Waals surface area contributed by atoms with E-state index < -0.39 is 54.0 Å². The molecule has 64 heavy (non-hydrogen) atoms. The minimum absolute atomic E-state index is 0.0403. The molecule has 1 aliphatic rings. The topological polar surface area (TPSA) is 133 Å². The molecular weight excluding hydrogens is 879 g/mol. The summed E-state index contributed by atoms with van der Waals surface area (Å²) in [5.41, 5.74) is 2.28. The predicted molar refractivity (Wildman–Crippen MR) is 265 cm³/mol. The van der Waals surface area contributed by atoms with Crippen LogP contribution in [0.15, 0.2) is 114 Å². The number of aromatic nitrogens is 1. The second kappa shape index (κ2) is 22.6. The van der Waals surface area contributed by atoms with Gasteiger partial charge < -0.3 is 19.5 Å². The summed E-state index contributed by atoms with van der Waals surface area (Å²) in [5, 5.41) is 5.91. The van der Waals surface area contributed by atoms with E-state index in [0.717, 1.165) is 22.7 Å². The molecule has 0 saturated carbocycles. The number of nitrogens with zero attached hydrogens (tertiary/aromatic N) is 2.